The number of hydrogen-bond donors (Lipinski definition) is 0. The highest BCUT2D eigenvalue weighted by atomic mass is 16.1. The van der Waals surface area contributed by atoms with Crippen molar-refractivity contribution < 1.29 is 4.79 Å². The second-order valence-electron chi connectivity index (χ2n) is 4.73. The minimum Gasteiger partial charge on any atom is -0.363 e. The Kier molecular flexibility index (Phi) is 2.63. The van der Waals surface area contributed by atoms with Crippen LogP contribution in [0, 0.1) is 0 Å². The summed E-state index contributed by atoms with van der Waals surface area (Å²) in [6, 6.07) is 16.4. The van der Waals surface area contributed by atoms with E-state index in [4.69, 9.17) is 0 Å². The lowest BCUT2D eigenvalue weighted by molar-refractivity contribution is 0.101. The number of ketones is 1. The van der Waals surface area contributed by atoms with Gasteiger partial charge in [-0.2, -0.15) is 0 Å². The van der Waals surface area contributed by atoms with Crippen LogP contribution in [-0.4, -0.2) is 5.78 Å². The average molecular weight is 237 g/mol. The van der Waals surface area contributed by atoms with E-state index in [0.717, 1.165) is 24.3 Å². The van der Waals surface area contributed by atoms with Crippen LogP contribution in [0.5, 0.6) is 0 Å². The molecule has 0 saturated heterocycles. The van der Waals surface area contributed by atoms with Gasteiger partial charge in [0.15, 0.2) is 5.78 Å². The van der Waals surface area contributed by atoms with Crippen LogP contribution in [0.1, 0.15) is 28.4 Å². The van der Waals surface area contributed by atoms with E-state index in [1.807, 2.05) is 18.2 Å². The van der Waals surface area contributed by atoms with Crippen molar-refractivity contribution in [1.82, 2.24) is 0 Å². The summed E-state index contributed by atoms with van der Waals surface area (Å²) >= 11 is 0. The molecule has 0 bridgehead atoms. The van der Waals surface area contributed by atoms with Gasteiger partial charge in [0.05, 0.1) is 0 Å². The topological polar surface area (TPSA) is 20.3 Å². The summed E-state index contributed by atoms with van der Waals surface area (Å²) in [6.45, 7) is 3.47. The maximum Gasteiger partial charge on any atom is 0.159 e. The number of fused-ring (bicyclic) bond motifs is 1. The van der Waals surface area contributed by atoms with E-state index in [9.17, 15) is 4.79 Å². The molecule has 0 fully saturated rings. The fourth-order valence-corrected chi connectivity index (χ4v) is 2.44. The van der Waals surface area contributed by atoms with Gasteiger partial charge in [-0.25, -0.2) is 0 Å². The molecule has 0 radical (unpaired) electrons. The van der Waals surface area contributed by atoms with Gasteiger partial charge in [-0.1, -0.05) is 36.4 Å². The van der Waals surface area contributed by atoms with Crippen molar-refractivity contribution >= 4 is 11.5 Å². The number of carbonyl (C=O) groups excluding carboxylic acids is 1. The van der Waals surface area contributed by atoms with Gasteiger partial charge in [-0.3, -0.25) is 4.79 Å². The highest BCUT2D eigenvalue weighted by Crippen LogP contribution is 2.28. The Morgan fingerprint density at radius 1 is 1.00 bits per heavy atom. The van der Waals surface area contributed by atoms with Crippen molar-refractivity contribution in [3.05, 3.63) is 65.2 Å². The van der Waals surface area contributed by atoms with E-state index < -0.39 is 0 Å². The lowest BCUT2D eigenvalue weighted by atomic mass is 10.1. The smallest absolute Gasteiger partial charge is 0.159 e. The van der Waals surface area contributed by atoms with Crippen molar-refractivity contribution in [2.75, 3.05) is 4.90 Å². The van der Waals surface area contributed by atoms with Gasteiger partial charge < -0.3 is 4.90 Å². The Balaban J connectivity index is 1.90. The Hall–Kier alpha value is -2.09. The third-order valence-corrected chi connectivity index (χ3v) is 3.46. The number of benzene rings is 2. The quantitative estimate of drug-likeness (QED) is 0.746. The molecule has 0 atom stereocenters. The van der Waals surface area contributed by atoms with Crippen molar-refractivity contribution in [1.29, 1.82) is 0 Å². The Morgan fingerprint density at radius 2 is 1.67 bits per heavy atom. The van der Waals surface area contributed by atoms with Crippen LogP contribution < -0.4 is 4.90 Å². The number of anilines is 1. The molecule has 90 valence electrons. The van der Waals surface area contributed by atoms with Crippen LogP contribution in [0.15, 0.2) is 48.5 Å². The summed E-state index contributed by atoms with van der Waals surface area (Å²) in [4.78, 5) is 13.7. The number of Topliss-reactive ketones (excluding diaryl/α,β-unsaturated/α-hetero) is 1. The third kappa shape index (κ3) is 1.90. The second-order valence-corrected chi connectivity index (χ2v) is 4.73. The van der Waals surface area contributed by atoms with E-state index in [0.29, 0.717) is 0 Å². The largest absolute Gasteiger partial charge is 0.363 e. The number of hydrogen-bond acceptors (Lipinski definition) is 2. The Morgan fingerprint density at radius 3 is 2.28 bits per heavy atom. The molecule has 2 aromatic rings. The molecule has 1 heterocycles. The fourth-order valence-electron chi connectivity index (χ4n) is 2.44. The lowest BCUT2D eigenvalue weighted by Gasteiger charge is -2.18. The minimum atomic E-state index is 0.119. The first kappa shape index (κ1) is 11.0. The Labute approximate surface area is 107 Å². The normalized spacial score (nSPS) is 13.5. The lowest BCUT2D eigenvalue weighted by Crippen LogP contribution is -2.14. The molecule has 0 spiro atoms. The zero-order valence-corrected chi connectivity index (χ0v) is 10.4. The molecule has 1 aliphatic rings. The van der Waals surface area contributed by atoms with Crippen LogP contribution in [0.2, 0.25) is 0 Å². The highest BCUT2D eigenvalue weighted by Gasteiger charge is 2.18. The summed E-state index contributed by atoms with van der Waals surface area (Å²) in [5.74, 6) is 0.119. The number of nitrogens with zero attached hydrogens (tertiary/aromatic N) is 1. The fraction of sp³-hybridized carbons (Fsp3) is 0.188. The molecule has 0 amide bonds. The summed E-state index contributed by atoms with van der Waals surface area (Å²) < 4.78 is 0. The molecule has 0 aliphatic carbocycles. The van der Waals surface area contributed by atoms with E-state index in [1.165, 1.54) is 11.1 Å². The molecule has 2 nitrogen and oxygen atoms in total. The standard InChI is InChI=1S/C16H15NO/c1-12(18)13-7-4-8-16(9-13)17-10-14-5-2-3-6-15(14)11-17/h2-9H,10-11H2,1H3. The molecule has 3 rings (SSSR count). The van der Waals surface area contributed by atoms with E-state index in [1.54, 1.807) is 6.92 Å². The Bertz CT molecular complexity index is 579. The molecule has 2 aromatic carbocycles. The zero-order chi connectivity index (χ0) is 12.5. The van der Waals surface area contributed by atoms with Crippen LogP contribution >= 0.6 is 0 Å². The molecule has 0 N–H and O–H groups in total. The van der Waals surface area contributed by atoms with E-state index in [2.05, 4.69) is 35.2 Å². The SMILES string of the molecule is CC(=O)c1cccc(N2Cc3ccccc3C2)c1. The molecular formula is C16H15NO. The monoisotopic (exact) mass is 237 g/mol. The highest BCUT2D eigenvalue weighted by molar-refractivity contribution is 5.95. The summed E-state index contributed by atoms with van der Waals surface area (Å²) in [6.07, 6.45) is 0. The molecule has 2 heteroatoms. The molecule has 0 saturated carbocycles. The first-order valence-corrected chi connectivity index (χ1v) is 6.17. The average Bonchev–Trinajstić information content (AvgIpc) is 2.82. The minimum absolute atomic E-state index is 0.119. The molecule has 0 aromatic heterocycles. The van der Waals surface area contributed by atoms with Crippen molar-refractivity contribution in [3.8, 4) is 0 Å². The predicted octanol–water partition coefficient (Wildman–Crippen LogP) is 3.41. The van der Waals surface area contributed by atoms with E-state index in [-0.39, 0.29) is 5.78 Å². The summed E-state index contributed by atoms with van der Waals surface area (Å²) in [5, 5.41) is 0. The first-order chi connectivity index (χ1) is 8.74. The zero-order valence-electron chi connectivity index (χ0n) is 10.4. The first-order valence-electron chi connectivity index (χ1n) is 6.17. The summed E-state index contributed by atoms with van der Waals surface area (Å²) in [5.41, 5.74) is 4.67. The van der Waals surface area contributed by atoms with Crippen molar-refractivity contribution in [2.45, 2.75) is 20.0 Å². The van der Waals surface area contributed by atoms with Crippen molar-refractivity contribution in [3.63, 3.8) is 0 Å². The molecule has 1 aliphatic heterocycles. The molecule has 18 heavy (non-hydrogen) atoms. The van der Waals surface area contributed by atoms with Gasteiger partial charge in [0.1, 0.15) is 0 Å². The predicted molar refractivity (Wildman–Crippen MR) is 72.8 cm³/mol. The maximum atomic E-state index is 11.4. The third-order valence-electron chi connectivity index (χ3n) is 3.46. The van der Waals surface area contributed by atoms with Crippen molar-refractivity contribution in [2.24, 2.45) is 0 Å². The number of carbonyl (C=O) groups is 1. The van der Waals surface area contributed by atoms with Gasteiger partial charge >= 0.3 is 0 Å². The van der Waals surface area contributed by atoms with E-state index >= 15 is 0 Å². The summed E-state index contributed by atoms with van der Waals surface area (Å²) in [7, 11) is 0. The van der Waals surface area contributed by atoms with Gasteiger partial charge in [0, 0.05) is 24.3 Å². The second kappa shape index (κ2) is 4.30. The maximum absolute atomic E-state index is 11.4. The van der Waals surface area contributed by atoms with Gasteiger partial charge in [-0.05, 0) is 30.2 Å². The van der Waals surface area contributed by atoms with Crippen LogP contribution in [0.3, 0.4) is 0 Å². The van der Waals surface area contributed by atoms with Crippen LogP contribution in [0.4, 0.5) is 5.69 Å². The van der Waals surface area contributed by atoms with Crippen LogP contribution in [0.25, 0.3) is 0 Å². The molecular weight excluding hydrogens is 222 g/mol. The molecule has 0 unspecified atom stereocenters. The van der Waals surface area contributed by atoms with Crippen LogP contribution in [-0.2, 0) is 13.1 Å². The van der Waals surface area contributed by atoms with Gasteiger partial charge in [-0.15, -0.1) is 0 Å². The van der Waals surface area contributed by atoms with Gasteiger partial charge in [0.2, 0.25) is 0 Å². The van der Waals surface area contributed by atoms with Gasteiger partial charge in [0.25, 0.3) is 0 Å². The number of rotatable bonds is 2.